The summed E-state index contributed by atoms with van der Waals surface area (Å²) in [5.41, 5.74) is 1.47. The van der Waals surface area contributed by atoms with E-state index in [4.69, 9.17) is 4.74 Å². The van der Waals surface area contributed by atoms with Crippen LogP contribution in [-0.2, 0) is 11.2 Å². The van der Waals surface area contributed by atoms with Gasteiger partial charge in [-0.3, -0.25) is 14.2 Å². The standard InChI is InChI=1S/C18H21N3O3S/c1-3-4-13-9-17(23)21-14(11-25-18(21)20-13)10-16(22)19-12-5-7-15(24-2)8-6-12/h5-9,14H,3-4,10-11H2,1-2H3,(H,19,22). The van der Waals surface area contributed by atoms with Gasteiger partial charge >= 0.3 is 0 Å². The van der Waals surface area contributed by atoms with Gasteiger partial charge in [0.15, 0.2) is 5.16 Å². The maximum atomic E-state index is 12.4. The molecule has 0 bridgehead atoms. The number of hydrogen-bond donors (Lipinski definition) is 1. The highest BCUT2D eigenvalue weighted by Crippen LogP contribution is 2.32. The van der Waals surface area contributed by atoms with Gasteiger partial charge in [0.1, 0.15) is 5.75 Å². The van der Waals surface area contributed by atoms with Gasteiger partial charge < -0.3 is 10.1 Å². The number of ether oxygens (including phenoxy) is 1. The molecule has 2 aromatic rings. The zero-order valence-electron chi connectivity index (χ0n) is 14.3. The molecule has 1 atom stereocenters. The highest BCUT2D eigenvalue weighted by atomic mass is 32.2. The molecule has 1 amide bonds. The molecular weight excluding hydrogens is 338 g/mol. The molecular formula is C18H21N3O3S. The molecule has 0 spiro atoms. The number of benzene rings is 1. The summed E-state index contributed by atoms with van der Waals surface area (Å²) in [6.07, 6.45) is 2.00. The Balaban J connectivity index is 1.68. The van der Waals surface area contributed by atoms with Crippen molar-refractivity contribution in [1.82, 2.24) is 9.55 Å². The fraction of sp³-hybridized carbons (Fsp3) is 0.389. The molecule has 0 fully saturated rings. The molecule has 0 saturated heterocycles. The molecule has 1 unspecified atom stereocenters. The molecule has 0 radical (unpaired) electrons. The van der Waals surface area contributed by atoms with E-state index in [1.54, 1.807) is 42.0 Å². The number of carbonyl (C=O) groups is 1. The molecule has 6 nitrogen and oxygen atoms in total. The third-order valence-electron chi connectivity index (χ3n) is 4.04. The van der Waals surface area contributed by atoms with Gasteiger partial charge in [0.25, 0.3) is 5.56 Å². The van der Waals surface area contributed by atoms with Gasteiger partial charge in [-0.1, -0.05) is 25.1 Å². The van der Waals surface area contributed by atoms with Crippen molar-refractivity contribution in [3.8, 4) is 5.75 Å². The van der Waals surface area contributed by atoms with Crippen LogP contribution in [0.15, 0.2) is 40.3 Å². The first-order chi connectivity index (χ1) is 12.1. The second-order valence-electron chi connectivity index (χ2n) is 5.93. The number of hydrogen-bond acceptors (Lipinski definition) is 5. The third-order valence-corrected chi connectivity index (χ3v) is 5.14. The minimum Gasteiger partial charge on any atom is -0.497 e. The average Bonchev–Trinajstić information content (AvgIpc) is 2.99. The second kappa shape index (κ2) is 7.74. The Hall–Kier alpha value is -2.28. The molecule has 25 heavy (non-hydrogen) atoms. The molecule has 2 heterocycles. The zero-order valence-corrected chi connectivity index (χ0v) is 15.1. The lowest BCUT2D eigenvalue weighted by atomic mass is 10.2. The Labute approximate surface area is 150 Å². The number of nitrogens with zero attached hydrogens (tertiary/aromatic N) is 2. The van der Waals surface area contributed by atoms with Gasteiger partial charge in [-0.05, 0) is 30.7 Å². The van der Waals surface area contributed by atoms with Gasteiger partial charge in [0.2, 0.25) is 5.91 Å². The normalized spacial score (nSPS) is 15.7. The number of aryl methyl sites for hydroxylation is 1. The molecule has 0 saturated carbocycles. The fourth-order valence-corrected chi connectivity index (χ4v) is 4.00. The van der Waals surface area contributed by atoms with Crippen LogP contribution in [0.1, 0.15) is 31.5 Å². The van der Waals surface area contributed by atoms with E-state index in [9.17, 15) is 9.59 Å². The van der Waals surface area contributed by atoms with Crippen molar-refractivity contribution in [3.63, 3.8) is 0 Å². The lowest BCUT2D eigenvalue weighted by molar-refractivity contribution is -0.116. The Bertz CT molecular complexity index is 817. The van der Waals surface area contributed by atoms with E-state index in [-0.39, 0.29) is 23.9 Å². The smallest absolute Gasteiger partial charge is 0.254 e. The SMILES string of the molecule is CCCc1cc(=O)n2c(n1)SCC2CC(=O)Nc1ccc(OC)cc1. The van der Waals surface area contributed by atoms with Crippen molar-refractivity contribution >= 4 is 23.4 Å². The maximum absolute atomic E-state index is 12.4. The summed E-state index contributed by atoms with van der Waals surface area (Å²) < 4.78 is 6.75. The predicted molar refractivity (Wildman–Crippen MR) is 98.5 cm³/mol. The molecule has 1 aromatic carbocycles. The van der Waals surface area contributed by atoms with Gasteiger partial charge in [0.05, 0.1) is 13.2 Å². The van der Waals surface area contributed by atoms with Crippen molar-refractivity contribution < 1.29 is 9.53 Å². The van der Waals surface area contributed by atoms with Gasteiger partial charge in [-0.15, -0.1) is 0 Å². The highest BCUT2D eigenvalue weighted by molar-refractivity contribution is 7.99. The summed E-state index contributed by atoms with van der Waals surface area (Å²) in [4.78, 5) is 29.3. The van der Waals surface area contributed by atoms with Gasteiger partial charge in [-0.25, -0.2) is 4.98 Å². The van der Waals surface area contributed by atoms with Crippen molar-refractivity contribution in [2.24, 2.45) is 0 Å². The molecule has 7 heteroatoms. The summed E-state index contributed by atoms with van der Waals surface area (Å²) in [6.45, 7) is 2.06. The Morgan fingerprint density at radius 2 is 2.16 bits per heavy atom. The first-order valence-corrected chi connectivity index (χ1v) is 9.28. The minimum absolute atomic E-state index is 0.0688. The Kier molecular flexibility index (Phi) is 5.43. The van der Waals surface area contributed by atoms with Gasteiger partial charge in [-0.2, -0.15) is 0 Å². The Morgan fingerprint density at radius 1 is 1.40 bits per heavy atom. The topological polar surface area (TPSA) is 73.2 Å². The maximum Gasteiger partial charge on any atom is 0.254 e. The van der Waals surface area contributed by atoms with Crippen LogP contribution < -0.4 is 15.6 Å². The second-order valence-corrected chi connectivity index (χ2v) is 6.92. The number of carbonyl (C=O) groups excluding carboxylic acids is 1. The van der Waals surface area contributed by atoms with E-state index in [0.29, 0.717) is 11.4 Å². The van der Waals surface area contributed by atoms with E-state index in [1.807, 2.05) is 0 Å². The van der Waals surface area contributed by atoms with Crippen molar-refractivity contribution in [2.75, 3.05) is 18.2 Å². The van der Waals surface area contributed by atoms with E-state index in [2.05, 4.69) is 17.2 Å². The number of rotatable bonds is 6. The Morgan fingerprint density at radius 3 is 2.84 bits per heavy atom. The first kappa shape index (κ1) is 17.5. The lowest BCUT2D eigenvalue weighted by Gasteiger charge is -2.13. The van der Waals surface area contributed by atoms with Crippen LogP contribution in [0.2, 0.25) is 0 Å². The van der Waals surface area contributed by atoms with E-state index < -0.39 is 0 Å². The van der Waals surface area contributed by atoms with Crippen LogP contribution in [-0.4, -0.2) is 28.3 Å². The number of nitrogens with one attached hydrogen (secondary N) is 1. The summed E-state index contributed by atoms with van der Waals surface area (Å²) in [7, 11) is 1.60. The van der Waals surface area contributed by atoms with Crippen molar-refractivity contribution in [2.45, 2.75) is 37.4 Å². The minimum atomic E-state index is -0.158. The molecule has 132 valence electrons. The van der Waals surface area contributed by atoms with Crippen LogP contribution in [0, 0.1) is 0 Å². The average molecular weight is 359 g/mol. The number of aromatic nitrogens is 2. The fourth-order valence-electron chi connectivity index (χ4n) is 2.83. The summed E-state index contributed by atoms with van der Waals surface area (Å²) in [5, 5.41) is 3.58. The summed E-state index contributed by atoms with van der Waals surface area (Å²) in [5.74, 6) is 1.31. The number of fused-ring (bicyclic) bond motifs is 1. The molecule has 1 aliphatic heterocycles. The van der Waals surface area contributed by atoms with E-state index in [1.165, 1.54) is 11.8 Å². The molecule has 1 N–H and O–H groups in total. The van der Waals surface area contributed by atoms with E-state index in [0.717, 1.165) is 29.4 Å². The molecule has 1 aliphatic rings. The largest absolute Gasteiger partial charge is 0.497 e. The van der Waals surface area contributed by atoms with Crippen LogP contribution >= 0.6 is 11.8 Å². The summed E-state index contributed by atoms with van der Waals surface area (Å²) in [6, 6.07) is 8.60. The monoisotopic (exact) mass is 359 g/mol. The van der Waals surface area contributed by atoms with Crippen LogP contribution in [0.25, 0.3) is 0 Å². The van der Waals surface area contributed by atoms with Crippen LogP contribution in [0.3, 0.4) is 0 Å². The lowest BCUT2D eigenvalue weighted by Crippen LogP contribution is -2.27. The molecule has 0 aliphatic carbocycles. The quantitative estimate of drug-likeness (QED) is 0.803. The van der Waals surface area contributed by atoms with Gasteiger partial charge in [0, 0.05) is 29.6 Å². The summed E-state index contributed by atoms with van der Waals surface area (Å²) >= 11 is 1.54. The van der Waals surface area contributed by atoms with Crippen LogP contribution in [0.5, 0.6) is 5.75 Å². The number of amides is 1. The third kappa shape index (κ3) is 4.04. The van der Waals surface area contributed by atoms with Crippen molar-refractivity contribution in [3.05, 3.63) is 46.4 Å². The van der Waals surface area contributed by atoms with E-state index >= 15 is 0 Å². The number of thioether (sulfide) groups is 1. The van der Waals surface area contributed by atoms with Crippen LogP contribution in [0.4, 0.5) is 5.69 Å². The first-order valence-electron chi connectivity index (χ1n) is 8.30. The molecule has 1 aromatic heterocycles. The highest BCUT2D eigenvalue weighted by Gasteiger charge is 2.27. The predicted octanol–water partition coefficient (Wildman–Crippen LogP) is 2.88. The zero-order chi connectivity index (χ0) is 17.8. The molecule has 3 rings (SSSR count). The number of methoxy groups -OCH3 is 1. The number of anilines is 1. The van der Waals surface area contributed by atoms with Crippen molar-refractivity contribution in [1.29, 1.82) is 0 Å².